The third-order valence-corrected chi connectivity index (χ3v) is 2.25. The fraction of sp³-hybridized carbons (Fsp3) is 0.182. The van der Waals surface area contributed by atoms with Crippen LogP contribution in [0.5, 0.6) is 0 Å². The molecule has 0 aliphatic rings. The summed E-state index contributed by atoms with van der Waals surface area (Å²) in [5.74, 6) is -1.21. The molecule has 0 radical (unpaired) electrons. The molecule has 0 saturated carbocycles. The van der Waals surface area contributed by atoms with Gasteiger partial charge in [0.15, 0.2) is 11.6 Å². The second-order valence-corrected chi connectivity index (χ2v) is 3.62. The summed E-state index contributed by atoms with van der Waals surface area (Å²) in [5, 5.41) is 4.13. The number of nitrogen functional groups attached to an aromatic ring is 1. The Balaban J connectivity index is 2.27. The molecule has 0 atom stereocenters. The molecule has 0 unspecified atom stereocenters. The third kappa shape index (κ3) is 2.03. The third-order valence-electron chi connectivity index (χ3n) is 2.25. The second-order valence-electron chi connectivity index (χ2n) is 3.62. The molecule has 3 nitrogen and oxygen atoms in total. The van der Waals surface area contributed by atoms with Crippen LogP contribution >= 0.6 is 0 Å². The van der Waals surface area contributed by atoms with Crippen LogP contribution in [-0.2, 0) is 6.54 Å². The Bertz CT molecular complexity index is 520. The molecule has 2 rings (SSSR count). The lowest BCUT2D eigenvalue weighted by Crippen LogP contribution is -2.06. The highest BCUT2D eigenvalue weighted by atomic mass is 19.2. The van der Waals surface area contributed by atoms with Crippen molar-refractivity contribution in [2.24, 2.45) is 0 Å². The molecule has 84 valence electrons. The van der Waals surface area contributed by atoms with Crippen molar-refractivity contribution in [2.75, 3.05) is 5.73 Å². The first-order valence-electron chi connectivity index (χ1n) is 4.80. The van der Waals surface area contributed by atoms with Gasteiger partial charge >= 0.3 is 0 Å². The first-order chi connectivity index (χ1) is 7.56. The SMILES string of the molecule is Cc1cc(N)n(Cc2ccc(F)c(F)c2)n1. The minimum absolute atomic E-state index is 0.330. The maximum atomic E-state index is 13.0. The quantitative estimate of drug-likeness (QED) is 0.847. The predicted molar refractivity (Wildman–Crippen MR) is 56.8 cm³/mol. The zero-order valence-electron chi connectivity index (χ0n) is 8.74. The van der Waals surface area contributed by atoms with E-state index in [1.165, 1.54) is 6.07 Å². The van der Waals surface area contributed by atoms with E-state index in [0.717, 1.165) is 17.8 Å². The van der Waals surface area contributed by atoms with Crippen LogP contribution in [0.1, 0.15) is 11.3 Å². The molecule has 2 N–H and O–H groups in total. The fourth-order valence-electron chi connectivity index (χ4n) is 1.50. The highest BCUT2D eigenvalue weighted by molar-refractivity contribution is 5.31. The summed E-state index contributed by atoms with van der Waals surface area (Å²) in [6.07, 6.45) is 0. The number of nitrogens with zero attached hydrogens (tertiary/aromatic N) is 2. The second kappa shape index (κ2) is 3.92. The molecule has 1 aromatic heterocycles. The number of halogens is 2. The molecular weight excluding hydrogens is 212 g/mol. The van der Waals surface area contributed by atoms with Gasteiger partial charge in [-0.1, -0.05) is 6.07 Å². The normalized spacial score (nSPS) is 10.7. The lowest BCUT2D eigenvalue weighted by Gasteiger charge is -2.04. The van der Waals surface area contributed by atoms with Crippen molar-refractivity contribution in [3.05, 3.63) is 47.2 Å². The van der Waals surface area contributed by atoms with Crippen molar-refractivity contribution in [3.63, 3.8) is 0 Å². The van der Waals surface area contributed by atoms with Crippen LogP contribution in [0, 0.1) is 18.6 Å². The van der Waals surface area contributed by atoms with Crippen LogP contribution in [0.2, 0.25) is 0 Å². The van der Waals surface area contributed by atoms with Crippen LogP contribution in [0.15, 0.2) is 24.3 Å². The van der Waals surface area contributed by atoms with Crippen molar-refractivity contribution in [1.82, 2.24) is 9.78 Å². The smallest absolute Gasteiger partial charge is 0.159 e. The van der Waals surface area contributed by atoms with E-state index < -0.39 is 11.6 Å². The Morgan fingerprint density at radius 2 is 2.00 bits per heavy atom. The van der Waals surface area contributed by atoms with E-state index in [1.807, 2.05) is 6.92 Å². The van der Waals surface area contributed by atoms with Crippen molar-refractivity contribution in [3.8, 4) is 0 Å². The zero-order chi connectivity index (χ0) is 11.7. The average Bonchev–Trinajstić information content (AvgIpc) is 2.51. The van der Waals surface area contributed by atoms with Crippen molar-refractivity contribution in [1.29, 1.82) is 0 Å². The summed E-state index contributed by atoms with van der Waals surface area (Å²) in [7, 11) is 0. The summed E-state index contributed by atoms with van der Waals surface area (Å²) in [6.45, 7) is 2.15. The first kappa shape index (κ1) is 10.6. The molecule has 0 aliphatic carbocycles. The number of nitrogens with two attached hydrogens (primary N) is 1. The number of aryl methyl sites for hydroxylation is 1. The van der Waals surface area contributed by atoms with Gasteiger partial charge in [-0.05, 0) is 24.6 Å². The highest BCUT2D eigenvalue weighted by Crippen LogP contribution is 2.12. The Morgan fingerprint density at radius 1 is 1.25 bits per heavy atom. The van der Waals surface area contributed by atoms with Gasteiger partial charge in [-0.15, -0.1) is 0 Å². The Morgan fingerprint density at radius 3 is 2.56 bits per heavy atom. The minimum atomic E-state index is -0.861. The molecule has 0 fully saturated rings. The van der Waals surface area contributed by atoms with E-state index in [4.69, 9.17) is 5.73 Å². The van der Waals surface area contributed by atoms with Crippen molar-refractivity contribution >= 4 is 5.82 Å². The molecule has 0 amide bonds. The molecule has 0 aliphatic heterocycles. The van der Waals surface area contributed by atoms with Crippen LogP contribution in [0.4, 0.5) is 14.6 Å². The molecular formula is C11H11F2N3. The van der Waals surface area contributed by atoms with E-state index in [0.29, 0.717) is 17.9 Å². The summed E-state index contributed by atoms with van der Waals surface area (Å²) in [5.41, 5.74) is 7.10. The number of anilines is 1. The minimum Gasteiger partial charge on any atom is -0.384 e. The maximum absolute atomic E-state index is 13.0. The maximum Gasteiger partial charge on any atom is 0.159 e. The van der Waals surface area contributed by atoms with E-state index in [9.17, 15) is 8.78 Å². The van der Waals surface area contributed by atoms with E-state index in [2.05, 4.69) is 5.10 Å². The van der Waals surface area contributed by atoms with Gasteiger partial charge in [0.1, 0.15) is 5.82 Å². The van der Waals surface area contributed by atoms with Crippen LogP contribution in [0.25, 0.3) is 0 Å². The van der Waals surface area contributed by atoms with Gasteiger partial charge in [0.05, 0.1) is 12.2 Å². The predicted octanol–water partition coefficient (Wildman–Crippen LogP) is 2.10. The van der Waals surface area contributed by atoms with Gasteiger partial charge in [0.25, 0.3) is 0 Å². The van der Waals surface area contributed by atoms with Gasteiger partial charge in [0, 0.05) is 6.07 Å². The van der Waals surface area contributed by atoms with Crippen molar-refractivity contribution in [2.45, 2.75) is 13.5 Å². The van der Waals surface area contributed by atoms with Gasteiger partial charge < -0.3 is 5.73 Å². The van der Waals surface area contributed by atoms with Gasteiger partial charge in [0.2, 0.25) is 0 Å². The van der Waals surface area contributed by atoms with Crippen molar-refractivity contribution < 1.29 is 8.78 Å². The standard InChI is InChI=1S/C11H11F2N3/c1-7-4-11(14)16(15-7)6-8-2-3-9(12)10(13)5-8/h2-5H,6,14H2,1H3. The average molecular weight is 223 g/mol. The number of hydrogen-bond donors (Lipinski definition) is 1. The zero-order valence-corrected chi connectivity index (χ0v) is 8.74. The molecule has 0 saturated heterocycles. The summed E-state index contributed by atoms with van der Waals surface area (Å²) in [4.78, 5) is 0. The first-order valence-corrected chi connectivity index (χ1v) is 4.80. The number of rotatable bonds is 2. The number of benzene rings is 1. The van der Waals surface area contributed by atoms with E-state index >= 15 is 0 Å². The lowest BCUT2D eigenvalue weighted by atomic mass is 10.2. The summed E-state index contributed by atoms with van der Waals surface area (Å²) in [6, 6.07) is 5.47. The molecule has 5 heteroatoms. The van der Waals surface area contributed by atoms with Gasteiger partial charge in [-0.3, -0.25) is 0 Å². The monoisotopic (exact) mass is 223 g/mol. The Labute approximate surface area is 91.5 Å². The molecule has 0 spiro atoms. The molecule has 1 aromatic carbocycles. The largest absolute Gasteiger partial charge is 0.384 e. The number of aromatic nitrogens is 2. The summed E-state index contributed by atoms with van der Waals surface area (Å²) < 4.78 is 27.2. The molecule has 1 heterocycles. The molecule has 16 heavy (non-hydrogen) atoms. The Hall–Kier alpha value is -1.91. The topological polar surface area (TPSA) is 43.8 Å². The van der Waals surface area contributed by atoms with Gasteiger partial charge in [-0.2, -0.15) is 5.10 Å². The fourth-order valence-corrected chi connectivity index (χ4v) is 1.50. The summed E-state index contributed by atoms with van der Waals surface area (Å²) >= 11 is 0. The van der Waals surface area contributed by atoms with Crippen LogP contribution in [0.3, 0.4) is 0 Å². The molecule has 0 bridgehead atoms. The lowest BCUT2D eigenvalue weighted by molar-refractivity contribution is 0.506. The Kier molecular flexibility index (Phi) is 2.60. The van der Waals surface area contributed by atoms with Crippen LogP contribution < -0.4 is 5.73 Å². The van der Waals surface area contributed by atoms with Gasteiger partial charge in [-0.25, -0.2) is 13.5 Å². The number of hydrogen-bond acceptors (Lipinski definition) is 2. The van der Waals surface area contributed by atoms with E-state index in [1.54, 1.807) is 10.7 Å². The van der Waals surface area contributed by atoms with Crippen LogP contribution in [-0.4, -0.2) is 9.78 Å². The van der Waals surface area contributed by atoms with E-state index in [-0.39, 0.29) is 0 Å². The highest BCUT2D eigenvalue weighted by Gasteiger charge is 2.06. The molecule has 2 aromatic rings.